The third-order valence-electron chi connectivity index (χ3n) is 1.89. The lowest BCUT2D eigenvalue weighted by atomic mass is 10.2. The van der Waals surface area contributed by atoms with Gasteiger partial charge in [0.25, 0.3) is 0 Å². The van der Waals surface area contributed by atoms with Crippen LogP contribution < -0.4 is 5.32 Å². The molecule has 1 rings (SSSR count). The van der Waals surface area contributed by atoms with Crippen LogP contribution in [0.4, 0.5) is 4.39 Å². The monoisotopic (exact) mass is 279 g/mol. The number of benzene rings is 1. The summed E-state index contributed by atoms with van der Waals surface area (Å²) >= 11 is 8.96. The summed E-state index contributed by atoms with van der Waals surface area (Å²) in [5.41, 5.74) is 1.03. The highest BCUT2D eigenvalue weighted by molar-refractivity contribution is 9.10. The van der Waals surface area contributed by atoms with Gasteiger partial charge in [-0.2, -0.15) is 0 Å². The molecular weight excluding hydrogens is 268 g/mol. The largest absolute Gasteiger partial charge is 0.309 e. The normalized spacial score (nSPS) is 12.9. The van der Waals surface area contributed by atoms with Crippen LogP contribution >= 0.6 is 27.5 Å². The standard InChI is InChI=1S/C10H12BrClFN/c1-7(5-12)14-6-8-2-3-9(13)4-10(8)11/h2-4,7,14H,5-6H2,1H3. The van der Waals surface area contributed by atoms with E-state index < -0.39 is 0 Å². The molecule has 0 aliphatic carbocycles. The highest BCUT2D eigenvalue weighted by atomic mass is 79.9. The van der Waals surface area contributed by atoms with Gasteiger partial charge in [-0.15, -0.1) is 11.6 Å². The van der Waals surface area contributed by atoms with Crippen LogP contribution in [0.1, 0.15) is 12.5 Å². The molecule has 0 saturated heterocycles. The minimum atomic E-state index is -0.231. The van der Waals surface area contributed by atoms with E-state index in [9.17, 15) is 4.39 Å². The van der Waals surface area contributed by atoms with Crippen molar-refractivity contribution in [3.05, 3.63) is 34.1 Å². The second-order valence-electron chi connectivity index (χ2n) is 3.17. The lowest BCUT2D eigenvalue weighted by molar-refractivity contribution is 0.589. The molecule has 0 spiro atoms. The molecule has 0 radical (unpaired) electrons. The lowest BCUT2D eigenvalue weighted by Crippen LogP contribution is -2.26. The van der Waals surface area contributed by atoms with Gasteiger partial charge in [-0.3, -0.25) is 0 Å². The second kappa shape index (κ2) is 5.69. The average Bonchev–Trinajstić information content (AvgIpc) is 2.16. The Morgan fingerprint density at radius 2 is 2.29 bits per heavy atom. The summed E-state index contributed by atoms with van der Waals surface area (Å²) in [6.07, 6.45) is 0. The maximum Gasteiger partial charge on any atom is 0.124 e. The molecule has 1 aromatic carbocycles. The van der Waals surface area contributed by atoms with E-state index in [2.05, 4.69) is 21.2 Å². The number of halogens is 3. The topological polar surface area (TPSA) is 12.0 Å². The average molecular weight is 281 g/mol. The Bertz CT molecular complexity index is 306. The Morgan fingerprint density at radius 3 is 2.86 bits per heavy atom. The summed E-state index contributed by atoms with van der Waals surface area (Å²) < 4.78 is 13.5. The number of hydrogen-bond donors (Lipinski definition) is 1. The number of nitrogens with one attached hydrogen (secondary N) is 1. The smallest absolute Gasteiger partial charge is 0.124 e. The first-order valence-corrected chi connectivity index (χ1v) is 5.69. The fourth-order valence-corrected chi connectivity index (χ4v) is 1.60. The van der Waals surface area contributed by atoms with Crippen molar-refractivity contribution in [1.29, 1.82) is 0 Å². The Morgan fingerprint density at radius 1 is 1.57 bits per heavy atom. The highest BCUT2D eigenvalue weighted by Gasteiger charge is 2.03. The van der Waals surface area contributed by atoms with Crippen molar-refractivity contribution in [3.63, 3.8) is 0 Å². The molecule has 0 aliphatic heterocycles. The Balaban J connectivity index is 2.59. The molecule has 1 unspecified atom stereocenters. The van der Waals surface area contributed by atoms with E-state index in [1.807, 2.05) is 6.92 Å². The van der Waals surface area contributed by atoms with E-state index in [1.165, 1.54) is 12.1 Å². The van der Waals surface area contributed by atoms with Crippen molar-refractivity contribution >= 4 is 27.5 Å². The third kappa shape index (κ3) is 3.56. The molecule has 1 N–H and O–H groups in total. The van der Waals surface area contributed by atoms with Gasteiger partial charge in [-0.1, -0.05) is 22.0 Å². The quantitative estimate of drug-likeness (QED) is 0.835. The van der Waals surface area contributed by atoms with E-state index in [0.29, 0.717) is 12.4 Å². The zero-order chi connectivity index (χ0) is 10.6. The van der Waals surface area contributed by atoms with Gasteiger partial charge < -0.3 is 5.32 Å². The van der Waals surface area contributed by atoms with E-state index >= 15 is 0 Å². The van der Waals surface area contributed by atoms with Crippen LogP contribution in [0.5, 0.6) is 0 Å². The first-order valence-electron chi connectivity index (χ1n) is 4.36. The maximum absolute atomic E-state index is 12.7. The summed E-state index contributed by atoms with van der Waals surface area (Å²) in [4.78, 5) is 0. The molecule has 1 nitrogen and oxygen atoms in total. The maximum atomic E-state index is 12.7. The van der Waals surface area contributed by atoms with Crippen LogP contribution in [0.15, 0.2) is 22.7 Å². The molecule has 0 amide bonds. The van der Waals surface area contributed by atoms with Gasteiger partial charge >= 0.3 is 0 Å². The van der Waals surface area contributed by atoms with Gasteiger partial charge in [0.15, 0.2) is 0 Å². The van der Waals surface area contributed by atoms with Crippen molar-refractivity contribution in [2.24, 2.45) is 0 Å². The minimum Gasteiger partial charge on any atom is -0.309 e. The summed E-state index contributed by atoms with van der Waals surface area (Å²) in [6.45, 7) is 2.69. The van der Waals surface area contributed by atoms with Crippen molar-refractivity contribution < 1.29 is 4.39 Å². The fourth-order valence-electron chi connectivity index (χ4n) is 1.00. The van der Waals surface area contributed by atoms with Crippen LogP contribution in [0.3, 0.4) is 0 Å². The van der Waals surface area contributed by atoms with E-state index in [1.54, 1.807) is 6.07 Å². The van der Waals surface area contributed by atoms with Crippen molar-refractivity contribution in [2.45, 2.75) is 19.5 Å². The van der Waals surface area contributed by atoms with Crippen LogP contribution in [-0.4, -0.2) is 11.9 Å². The van der Waals surface area contributed by atoms with E-state index in [-0.39, 0.29) is 11.9 Å². The van der Waals surface area contributed by atoms with Gasteiger partial charge in [-0.25, -0.2) is 4.39 Å². The van der Waals surface area contributed by atoms with Gasteiger partial charge in [0.05, 0.1) is 0 Å². The molecule has 0 aromatic heterocycles. The van der Waals surface area contributed by atoms with Crippen molar-refractivity contribution in [2.75, 3.05) is 5.88 Å². The predicted octanol–water partition coefficient (Wildman–Crippen LogP) is 3.31. The van der Waals surface area contributed by atoms with E-state index in [0.717, 1.165) is 10.0 Å². The summed E-state index contributed by atoms with van der Waals surface area (Å²) in [5.74, 6) is 0.338. The van der Waals surface area contributed by atoms with E-state index in [4.69, 9.17) is 11.6 Å². The Labute approximate surface area is 96.8 Å². The van der Waals surface area contributed by atoms with Crippen LogP contribution in [0, 0.1) is 5.82 Å². The SMILES string of the molecule is CC(CCl)NCc1ccc(F)cc1Br. The molecule has 0 bridgehead atoms. The summed E-state index contributed by atoms with van der Waals surface area (Å²) in [5, 5.41) is 3.22. The number of rotatable bonds is 4. The minimum absolute atomic E-state index is 0.231. The third-order valence-corrected chi connectivity index (χ3v) is 3.09. The van der Waals surface area contributed by atoms with Crippen LogP contribution in [0.2, 0.25) is 0 Å². The predicted molar refractivity (Wildman–Crippen MR) is 61.1 cm³/mol. The zero-order valence-electron chi connectivity index (χ0n) is 7.86. The molecule has 0 aliphatic rings. The molecule has 0 saturated carbocycles. The Kier molecular flexibility index (Phi) is 4.85. The molecule has 0 heterocycles. The van der Waals surface area contributed by atoms with Crippen LogP contribution in [-0.2, 0) is 6.54 Å². The lowest BCUT2D eigenvalue weighted by Gasteiger charge is -2.11. The molecule has 4 heteroatoms. The summed E-state index contributed by atoms with van der Waals surface area (Å²) in [6, 6.07) is 4.93. The first-order chi connectivity index (χ1) is 6.63. The first kappa shape index (κ1) is 12.0. The second-order valence-corrected chi connectivity index (χ2v) is 4.33. The zero-order valence-corrected chi connectivity index (χ0v) is 10.2. The van der Waals surface area contributed by atoms with Crippen molar-refractivity contribution in [3.8, 4) is 0 Å². The van der Waals surface area contributed by atoms with Gasteiger partial charge in [0, 0.05) is 22.9 Å². The molecule has 0 fully saturated rings. The molecular formula is C10H12BrClFN. The fraction of sp³-hybridized carbons (Fsp3) is 0.400. The molecule has 1 atom stereocenters. The number of hydrogen-bond acceptors (Lipinski definition) is 1. The highest BCUT2D eigenvalue weighted by Crippen LogP contribution is 2.17. The molecule has 78 valence electrons. The Hall–Kier alpha value is -0.120. The molecule has 1 aromatic rings. The van der Waals surface area contributed by atoms with Gasteiger partial charge in [0.1, 0.15) is 5.82 Å². The van der Waals surface area contributed by atoms with Gasteiger partial charge in [-0.05, 0) is 24.6 Å². The summed E-state index contributed by atoms with van der Waals surface area (Å²) in [7, 11) is 0. The van der Waals surface area contributed by atoms with Gasteiger partial charge in [0.2, 0.25) is 0 Å². The van der Waals surface area contributed by atoms with Crippen LogP contribution in [0.25, 0.3) is 0 Å². The van der Waals surface area contributed by atoms with Crippen molar-refractivity contribution in [1.82, 2.24) is 5.32 Å². The molecule has 14 heavy (non-hydrogen) atoms. The number of alkyl halides is 1.